The number of amides is 1. The minimum atomic E-state index is -0.257. The van der Waals surface area contributed by atoms with Gasteiger partial charge in [0.1, 0.15) is 6.54 Å². The number of nitrogens with one attached hydrogen (secondary N) is 1. The molecule has 0 bridgehead atoms. The highest BCUT2D eigenvalue weighted by Crippen LogP contribution is 2.29. The molecule has 0 spiro atoms. The van der Waals surface area contributed by atoms with Crippen molar-refractivity contribution < 1.29 is 9.21 Å². The zero-order chi connectivity index (χ0) is 16.6. The molecule has 0 radical (unpaired) electrons. The third-order valence-corrected chi connectivity index (χ3v) is 3.37. The molecule has 2 aromatic heterocycles. The number of fused-ring (bicyclic) bond motifs is 1. The fourth-order valence-corrected chi connectivity index (χ4v) is 2.57. The highest BCUT2D eigenvalue weighted by molar-refractivity contribution is 5.94. The maximum atomic E-state index is 12.2. The Hall–Kier alpha value is -2.63. The molecule has 0 aliphatic heterocycles. The van der Waals surface area contributed by atoms with E-state index < -0.39 is 0 Å². The third kappa shape index (κ3) is 3.26. The zero-order valence-corrected chi connectivity index (χ0v) is 13.8. The molecule has 3 rings (SSSR count). The van der Waals surface area contributed by atoms with Crippen molar-refractivity contribution in [3.8, 4) is 11.5 Å². The molecular formula is C17H20N4O2. The summed E-state index contributed by atoms with van der Waals surface area (Å²) in [4.78, 5) is 12.2. The largest absolute Gasteiger partial charge is 0.421 e. The van der Waals surface area contributed by atoms with Crippen LogP contribution in [0.3, 0.4) is 0 Å². The number of nitrogens with zero attached hydrogens (tertiary/aromatic N) is 3. The molecule has 23 heavy (non-hydrogen) atoms. The van der Waals surface area contributed by atoms with E-state index in [1.807, 2.05) is 55.8 Å². The maximum Gasteiger partial charge on any atom is 0.249 e. The van der Waals surface area contributed by atoms with Crippen molar-refractivity contribution in [2.24, 2.45) is 0 Å². The van der Waals surface area contributed by atoms with Crippen LogP contribution >= 0.6 is 0 Å². The van der Waals surface area contributed by atoms with Gasteiger partial charge in [-0.3, -0.25) is 4.79 Å². The van der Waals surface area contributed by atoms with Crippen LogP contribution in [0.4, 0.5) is 0 Å². The van der Waals surface area contributed by atoms with E-state index in [1.54, 1.807) is 6.92 Å². The molecule has 0 atom stereocenters. The van der Waals surface area contributed by atoms with Crippen LogP contribution in [0.2, 0.25) is 0 Å². The minimum Gasteiger partial charge on any atom is -0.421 e. The molecule has 1 N–H and O–H groups in total. The first kappa shape index (κ1) is 15.3. The summed E-state index contributed by atoms with van der Waals surface area (Å²) in [6.07, 6.45) is 1.89. The van der Waals surface area contributed by atoms with Gasteiger partial charge in [-0.25, -0.2) is 0 Å². The van der Waals surface area contributed by atoms with Gasteiger partial charge in [-0.05, 0) is 26.8 Å². The van der Waals surface area contributed by atoms with Crippen molar-refractivity contribution in [2.45, 2.75) is 39.8 Å². The molecule has 0 unspecified atom stereocenters. The third-order valence-electron chi connectivity index (χ3n) is 3.37. The summed E-state index contributed by atoms with van der Waals surface area (Å²) >= 11 is 0. The topological polar surface area (TPSA) is 73.0 Å². The number of carbonyl (C=O) groups excluding carboxylic acids is 1. The minimum absolute atomic E-state index is 0.0356. The van der Waals surface area contributed by atoms with Gasteiger partial charge in [0.15, 0.2) is 0 Å². The Morgan fingerprint density at radius 2 is 2.00 bits per heavy atom. The van der Waals surface area contributed by atoms with E-state index in [1.165, 1.54) is 0 Å². The van der Waals surface area contributed by atoms with Gasteiger partial charge in [0.2, 0.25) is 17.7 Å². The summed E-state index contributed by atoms with van der Waals surface area (Å²) in [5.41, 5.74) is 1.54. The first-order valence-corrected chi connectivity index (χ1v) is 7.53. The highest BCUT2D eigenvalue weighted by atomic mass is 16.4. The van der Waals surface area contributed by atoms with Crippen molar-refractivity contribution in [1.29, 1.82) is 0 Å². The second-order valence-electron chi connectivity index (χ2n) is 6.61. The molecule has 3 aromatic rings. The second kappa shape index (κ2) is 5.53. The number of carbonyl (C=O) groups is 1. The first-order valence-electron chi connectivity index (χ1n) is 7.53. The summed E-state index contributed by atoms with van der Waals surface area (Å²) in [7, 11) is 0. The summed E-state index contributed by atoms with van der Waals surface area (Å²) in [5, 5.41) is 11.9. The van der Waals surface area contributed by atoms with Crippen molar-refractivity contribution in [2.75, 3.05) is 0 Å². The molecular weight excluding hydrogens is 292 g/mol. The quantitative estimate of drug-likeness (QED) is 0.807. The Bertz CT molecular complexity index is 855. The van der Waals surface area contributed by atoms with E-state index >= 15 is 0 Å². The monoisotopic (exact) mass is 312 g/mol. The van der Waals surface area contributed by atoms with Crippen LogP contribution in [-0.2, 0) is 11.3 Å². The predicted octanol–water partition coefficient (Wildman–Crippen LogP) is 2.91. The summed E-state index contributed by atoms with van der Waals surface area (Å²) in [5.74, 6) is 0.947. The lowest BCUT2D eigenvalue weighted by molar-refractivity contribution is -0.123. The maximum absolute atomic E-state index is 12.2. The highest BCUT2D eigenvalue weighted by Gasteiger charge is 2.18. The zero-order valence-electron chi connectivity index (χ0n) is 13.8. The number of hydrogen-bond donors (Lipinski definition) is 1. The van der Waals surface area contributed by atoms with Crippen molar-refractivity contribution >= 4 is 16.8 Å². The van der Waals surface area contributed by atoms with Crippen LogP contribution in [0.5, 0.6) is 0 Å². The Balaban J connectivity index is 2.00. The summed E-state index contributed by atoms with van der Waals surface area (Å²) in [6.45, 7) is 7.89. The van der Waals surface area contributed by atoms with E-state index in [0.717, 1.165) is 16.5 Å². The Morgan fingerprint density at radius 3 is 2.65 bits per heavy atom. The number of aromatic nitrogens is 3. The first-order chi connectivity index (χ1) is 10.8. The van der Waals surface area contributed by atoms with Gasteiger partial charge >= 0.3 is 0 Å². The van der Waals surface area contributed by atoms with Crippen LogP contribution < -0.4 is 5.32 Å². The van der Waals surface area contributed by atoms with Crippen LogP contribution in [-0.4, -0.2) is 26.2 Å². The number of hydrogen-bond acceptors (Lipinski definition) is 4. The predicted molar refractivity (Wildman–Crippen MR) is 87.9 cm³/mol. The standard InChI is InChI=1S/C17H20N4O2/c1-11-19-20-16(23-11)13-9-21(10-15(22)18-17(2,3)4)14-8-6-5-7-12(13)14/h5-9H,10H2,1-4H3,(H,18,22). The second-order valence-corrected chi connectivity index (χ2v) is 6.61. The van der Waals surface area contributed by atoms with Crippen molar-refractivity contribution in [3.05, 3.63) is 36.4 Å². The van der Waals surface area contributed by atoms with Gasteiger partial charge in [0.25, 0.3) is 0 Å². The van der Waals surface area contributed by atoms with Crippen molar-refractivity contribution in [3.63, 3.8) is 0 Å². The van der Waals surface area contributed by atoms with Gasteiger partial charge in [-0.2, -0.15) is 0 Å². The number of para-hydroxylation sites is 1. The molecule has 0 aliphatic carbocycles. The van der Waals surface area contributed by atoms with Crippen LogP contribution in [0.25, 0.3) is 22.4 Å². The van der Waals surface area contributed by atoms with E-state index in [2.05, 4.69) is 15.5 Å². The number of aryl methyl sites for hydroxylation is 1. The summed E-state index contributed by atoms with van der Waals surface area (Å²) < 4.78 is 7.45. The van der Waals surface area contributed by atoms with Crippen molar-refractivity contribution in [1.82, 2.24) is 20.1 Å². The molecule has 1 aromatic carbocycles. The normalized spacial score (nSPS) is 11.8. The Kier molecular flexibility index (Phi) is 3.67. The summed E-state index contributed by atoms with van der Waals surface area (Å²) in [6, 6.07) is 7.87. The molecule has 2 heterocycles. The molecule has 1 amide bonds. The molecule has 0 fully saturated rings. The molecule has 0 saturated carbocycles. The SMILES string of the molecule is Cc1nnc(-c2cn(CC(=O)NC(C)(C)C)c3ccccc23)o1. The van der Waals surface area contributed by atoms with Gasteiger partial charge in [0.05, 0.1) is 5.56 Å². The van der Waals surface area contributed by atoms with Crippen LogP contribution in [0.1, 0.15) is 26.7 Å². The lowest BCUT2D eigenvalue weighted by Gasteiger charge is -2.20. The fourth-order valence-electron chi connectivity index (χ4n) is 2.57. The number of benzene rings is 1. The van der Waals surface area contributed by atoms with E-state index in [-0.39, 0.29) is 18.0 Å². The van der Waals surface area contributed by atoms with E-state index in [0.29, 0.717) is 11.8 Å². The molecule has 0 aliphatic rings. The number of rotatable bonds is 3. The Morgan fingerprint density at radius 1 is 1.26 bits per heavy atom. The lowest BCUT2D eigenvalue weighted by atomic mass is 10.1. The van der Waals surface area contributed by atoms with Gasteiger partial charge in [-0.1, -0.05) is 18.2 Å². The fraction of sp³-hybridized carbons (Fsp3) is 0.353. The Labute approximate surface area is 134 Å². The molecule has 6 heteroatoms. The lowest BCUT2D eigenvalue weighted by Crippen LogP contribution is -2.42. The van der Waals surface area contributed by atoms with Crippen LogP contribution in [0, 0.1) is 6.92 Å². The smallest absolute Gasteiger partial charge is 0.249 e. The average Bonchev–Trinajstić information content (AvgIpc) is 3.01. The molecule has 6 nitrogen and oxygen atoms in total. The van der Waals surface area contributed by atoms with Gasteiger partial charge in [0, 0.05) is 29.6 Å². The van der Waals surface area contributed by atoms with E-state index in [4.69, 9.17) is 4.42 Å². The molecule has 120 valence electrons. The van der Waals surface area contributed by atoms with Crippen LogP contribution in [0.15, 0.2) is 34.9 Å². The van der Waals surface area contributed by atoms with Gasteiger partial charge < -0.3 is 14.3 Å². The van der Waals surface area contributed by atoms with Gasteiger partial charge in [-0.15, -0.1) is 10.2 Å². The molecule has 0 saturated heterocycles. The average molecular weight is 312 g/mol. The van der Waals surface area contributed by atoms with E-state index in [9.17, 15) is 4.79 Å².